The quantitative estimate of drug-likeness (QED) is 0.719. The van der Waals surface area contributed by atoms with E-state index < -0.39 is 5.91 Å². The van der Waals surface area contributed by atoms with Gasteiger partial charge in [0.2, 0.25) is 0 Å². The minimum atomic E-state index is -0.625. The Hall–Kier alpha value is -0.206. The van der Waals surface area contributed by atoms with E-state index >= 15 is 0 Å². The molecule has 1 radical (unpaired) electrons. The van der Waals surface area contributed by atoms with Crippen molar-refractivity contribution in [1.29, 1.82) is 0 Å². The maximum Gasteiger partial charge on any atom is 0.0796 e. The van der Waals surface area contributed by atoms with Crippen LogP contribution in [0.3, 0.4) is 0 Å². The summed E-state index contributed by atoms with van der Waals surface area (Å²) in [7, 11) is 0. The van der Waals surface area contributed by atoms with Crippen LogP contribution in [0, 0.1) is 6.92 Å². The number of benzene rings is 1. The van der Waals surface area contributed by atoms with Gasteiger partial charge in [-0.15, -0.1) is 0 Å². The van der Waals surface area contributed by atoms with Gasteiger partial charge in [-0.2, -0.15) is 0 Å². The smallest absolute Gasteiger partial charge is 0.0796 e. The molecule has 2 nitrogen and oxygen atoms in total. The van der Waals surface area contributed by atoms with Crippen LogP contribution in [-0.2, 0) is 32.7 Å². The molecule has 1 amide bonds. The molecule has 0 saturated heterocycles. The molecule has 0 heterocycles. The molecule has 0 aromatic heterocycles. The molecule has 0 bridgehead atoms. The van der Waals surface area contributed by atoms with Crippen LogP contribution in [0.1, 0.15) is 15.9 Å². The Labute approximate surface area is 91.0 Å². The van der Waals surface area contributed by atoms with E-state index in [1.165, 1.54) is 0 Å². The molecule has 1 rings (SSSR count). The maximum absolute atomic E-state index is 10.4. The van der Waals surface area contributed by atoms with Gasteiger partial charge < -0.3 is 10.5 Å². The summed E-state index contributed by atoms with van der Waals surface area (Å²) in [6, 6.07) is 6.96. The van der Waals surface area contributed by atoms with Crippen LogP contribution in [0.15, 0.2) is 24.3 Å². The fourth-order valence-corrected chi connectivity index (χ4v) is 0.705. The Kier molecular flexibility index (Phi) is 4.54. The molecule has 55 valence electrons. The van der Waals surface area contributed by atoms with Crippen molar-refractivity contribution in [3.8, 4) is 0 Å². The molecule has 0 saturated carbocycles. The molecule has 0 aliphatic carbocycles. The molecular weight excluding hydrogens is 215 g/mol. The molecule has 1 aromatic carbocycles. The van der Waals surface area contributed by atoms with Crippen molar-refractivity contribution in [2.24, 2.45) is 0 Å². The third kappa shape index (κ3) is 3.13. The summed E-state index contributed by atoms with van der Waals surface area (Å²) in [6.07, 6.45) is 0. The minimum Gasteiger partial charge on any atom is -0.664 e. The van der Waals surface area contributed by atoms with Gasteiger partial charge in [0.25, 0.3) is 0 Å². The van der Waals surface area contributed by atoms with Gasteiger partial charge in [0.15, 0.2) is 0 Å². The van der Waals surface area contributed by atoms with Crippen LogP contribution in [-0.4, -0.2) is 5.91 Å². The van der Waals surface area contributed by atoms with E-state index in [4.69, 9.17) is 5.73 Å². The number of hydrogen-bond acceptors (Lipinski definition) is 1. The predicted octanol–water partition coefficient (Wildman–Crippen LogP) is 2.18. The molecule has 0 atom stereocenters. The molecule has 0 unspecified atom stereocenters. The van der Waals surface area contributed by atoms with Crippen molar-refractivity contribution >= 4 is 5.91 Å². The van der Waals surface area contributed by atoms with E-state index in [1.807, 2.05) is 19.1 Å². The second-order valence-corrected chi connectivity index (χ2v) is 2.20. The third-order valence-corrected chi connectivity index (χ3v) is 1.31. The van der Waals surface area contributed by atoms with Gasteiger partial charge in [-0.3, -0.25) is 0 Å². The number of amides is 1. The summed E-state index contributed by atoms with van der Waals surface area (Å²) in [5, 5.41) is 0. The topological polar surface area (TPSA) is 40.9 Å². The minimum absolute atomic E-state index is 0. The molecule has 11 heavy (non-hydrogen) atoms. The van der Waals surface area contributed by atoms with Crippen molar-refractivity contribution in [3.05, 3.63) is 41.1 Å². The number of carbonyl (C=O) groups is 1. The predicted molar refractivity (Wildman–Crippen MR) is 39.8 cm³/mol. The van der Waals surface area contributed by atoms with E-state index in [0.29, 0.717) is 5.56 Å². The van der Waals surface area contributed by atoms with Crippen molar-refractivity contribution in [2.75, 3.05) is 0 Å². The molecule has 1 N–H and O–H groups in total. The summed E-state index contributed by atoms with van der Waals surface area (Å²) in [4.78, 5) is 10.4. The average molecular weight is 223 g/mol. The Morgan fingerprint density at radius 2 is 1.73 bits per heavy atom. The van der Waals surface area contributed by atoms with E-state index in [9.17, 15) is 4.79 Å². The summed E-state index contributed by atoms with van der Waals surface area (Å²) < 4.78 is 0. The van der Waals surface area contributed by atoms with Crippen LogP contribution < -0.4 is 0 Å². The van der Waals surface area contributed by atoms with Gasteiger partial charge in [0.05, 0.1) is 5.91 Å². The average Bonchev–Trinajstić information content (AvgIpc) is 1.88. The number of nitrogens with one attached hydrogen (secondary N) is 1. The van der Waals surface area contributed by atoms with E-state index in [1.54, 1.807) is 12.1 Å². The summed E-state index contributed by atoms with van der Waals surface area (Å²) in [5.41, 5.74) is 8.30. The molecule has 0 aliphatic heterocycles. The van der Waals surface area contributed by atoms with Crippen LogP contribution in [0.25, 0.3) is 5.73 Å². The van der Waals surface area contributed by atoms with Gasteiger partial charge in [0.1, 0.15) is 0 Å². The van der Waals surface area contributed by atoms with Crippen molar-refractivity contribution in [1.82, 2.24) is 0 Å². The van der Waals surface area contributed by atoms with Gasteiger partial charge in [-0.1, -0.05) is 29.8 Å². The Morgan fingerprint density at radius 3 is 2.09 bits per heavy atom. The maximum atomic E-state index is 10.4. The van der Waals surface area contributed by atoms with E-state index in [0.717, 1.165) is 5.56 Å². The molecule has 0 aliphatic rings. The zero-order valence-electron chi connectivity index (χ0n) is 6.29. The van der Waals surface area contributed by atoms with Gasteiger partial charge in [-0.25, -0.2) is 0 Å². The first-order valence-electron chi connectivity index (χ1n) is 3.03. The first-order chi connectivity index (χ1) is 4.70. The second kappa shape index (κ2) is 4.63. The van der Waals surface area contributed by atoms with Crippen molar-refractivity contribution < 1.29 is 37.5 Å². The van der Waals surface area contributed by atoms with Crippen LogP contribution in [0.5, 0.6) is 0 Å². The number of aryl methyl sites for hydroxylation is 1. The molecule has 3 heteroatoms. The Bertz CT molecular complexity index is 243. The summed E-state index contributed by atoms with van der Waals surface area (Å²) in [5.74, 6) is -0.625. The Morgan fingerprint density at radius 1 is 1.27 bits per heavy atom. The summed E-state index contributed by atoms with van der Waals surface area (Å²) in [6.45, 7) is 1.94. The number of carbonyl (C=O) groups excluding carboxylic acids is 1. The number of hydrogen-bond donors (Lipinski definition) is 0. The van der Waals surface area contributed by atoms with Crippen LogP contribution >= 0.6 is 0 Å². The third-order valence-electron chi connectivity index (χ3n) is 1.31. The monoisotopic (exact) mass is 223 g/mol. The van der Waals surface area contributed by atoms with Crippen LogP contribution in [0.2, 0.25) is 0 Å². The molecular formula is C8H8NOY-. The molecule has 1 aromatic rings. The molecule has 0 fully saturated rings. The number of rotatable bonds is 1. The van der Waals surface area contributed by atoms with Gasteiger partial charge >= 0.3 is 0 Å². The largest absolute Gasteiger partial charge is 0.664 e. The first-order valence-corrected chi connectivity index (χ1v) is 3.03. The van der Waals surface area contributed by atoms with Gasteiger partial charge in [-0.05, 0) is 12.5 Å². The van der Waals surface area contributed by atoms with E-state index in [2.05, 4.69) is 0 Å². The fourth-order valence-electron chi connectivity index (χ4n) is 0.705. The van der Waals surface area contributed by atoms with Crippen LogP contribution in [0.4, 0.5) is 0 Å². The second-order valence-electron chi connectivity index (χ2n) is 2.20. The van der Waals surface area contributed by atoms with Gasteiger partial charge in [0, 0.05) is 32.7 Å². The zero-order chi connectivity index (χ0) is 7.56. The normalized spacial score (nSPS) is 8.45. The summed E-state index contributed by atoms with van der Waals surface area (Å²) >= 11 is 0. The van der Waals surface area contributed by atoms with Crippen molar-refractivity contribution in [2.45, 2.75) is 6.92 Å². The first kappa shape index (κ1) is 10.8. The fraction of sp³-hybridized carbons (Fsp3) is 0.125. The Balaban J connectivity index is 0.000001000. The van der Waals surface area contributed by atoms with E-state index in [-0.39, 0.29) is 32.7 Å². The zero-order valence-corrected chi connectivity index (χ0v) is 9.13. The van der Waals surface area contributed by atoms with Crippen molar-refractivity contribution in [3.63, 3.8) is 0 Å². The molecule has 0 spiro atoms. The SMILES string of the molecule is Cc1ccc(C([NH-])=O)cc1.[Y]. The standard InChI is InChI=1S/C8H9NO.Y/c1-6-2-4-7(5-3-6)8(9)10;/h2-5H,1H3,(H2,9,10);/p-1.